The summed E-state index contributed by atoms with van der Waals surface area (Å²) >= 11 is 5.39. The van der Waals surface area contributed by atoms with Gasteiger partial charge in [0, 0.05) is 5.69 Å². The van der Waals surface area contributed by atoms with Gasteiger partial charge in [0.2, 0.25) is 5.91 Å². The number of amides is 1. The number of carbonyl (C=O) groups excluding carboxylic acids is 1. The van der Waals surface area contributed by atoms with Crippen LogP contribution in [0.25, 0.3) is 0 Å². The maximum absolute atomic E-state index is 12.1. The fraction of sp³-hybridized carbons (Fsp3) is 0.188. The molecule has 1 saturated heterocycles. The number of hydrogen-bond donors (Lipinski definition) is 1. The van der Waals surface area contributed by atoms with E-state index in [1.54, 1.807) is 36.3 Å². The number of ether oxygens (including phenoxy) is 1. The third kappa shape index (κ3) is 2.64. The van der Waals surface area contributed by atoms with Gasteiger partial charge in [-0.1, -0.05) is 12.2 Å². The van der Waals surface area contributed by atoms with Gasteiger partial charge in [-0.15, -0.1) is 0 Å². The van der Waals surface area contributed by atoms with Gasteiger partial charge in [0.15, 0.2) is 12.1 Å². The van der Waals surface area contributed by atoms with Crippen molar-refractivity contribution in [3.63, 3.8) is 0 Å². The van der Waals surface area contributed by atoms with Crippen LogP contribution in [0.2, 0.25) is 0 Å². The molecule has 1 fully saturated rings. The van der Waals surface area contributed by atoms with E-state index in [0.717, 1.165) is 5.69 Å². The fourth-order valence-electron chi connectivity index (χ4n) is 2.44. The summed E-state index contributed by atoms with van der Waals surface area (Å²) in [4.78, 5) is 14.1. The lowest BCUT2D eigenvalue weighted by molar-refractivity contribution is -0.123. The Morgan fingerprint density at radius 1 is 1.35 bits per heavy atom. The maximum Gasteiger partial charge on any atom is 0.246 e. The largest absolute Gasteiger partial charge is 0.497 e. The summed E-state index contributed by atoms with van der Waals surface area (Å²) in [5.41, 5.74) is 0.734. The molecule has 0 aliphatic carbocycles. The Kier molecular flexibility index (Phi) is 4.00. The number of benzene rings is 1. The van der Waals surface area contributed by atoms with E-state index in [0.29, 0.717) is 11.5 Å². The van der Waals surface area contributed by atoms with E-state index in [1.165, 1.54) is 6.26 Å². The van der Waals surface area contributed by atoms with E-state index in [-0.39, 0.29) is 4.99 Å². The lowest BCUT2D eigenvalue weighted by atomic mass is 10.0. The lowest BCUT2D eigenvalue weighted by Crippen LogP contribution is -2.55. The number of nitriles is 1. The molecule has 0 radical (unpaired) electrons. The Labute approximate surface area is 138 Å². The first-order valence-electron chi connectivity index (χ1n) is 6.86. The standard InChI is InChI=1S/C16H13N3O3S/c1-21-11-6-4-10(5-7-11)19-14(13-3-2-8-22-13)18-15(20)12(9-17)16(19)23/h2-8,12,14H,1H3,(H,18,20). The zero-order valence-corrected chi connectivity index (χ0v) is 13.0. The van der Waals surface area contributed by atoms with Crippen LogP contribution in [0.3, 0.4) is 0 Å². The highest BCUT2D eigenvalue weighted by molar-refractivity contribution is 7.80. The molecule has 2 heterocycles. The molecular formula is C16H13N3O3S. The van der Waals surface area contributed by atoms with E-state index in [1.807, 2.05) is 18.2 Å². The van der Waals surface area contributed by atoms with Gasteiger partial charge in [-0.3, -0.25) is 4.79 Å². The number of thiocarbonyl (C=S) groups is 1. The zero-order chi connectivity index (χ0) is 16.4. The Morgan fingerprint density at radius 2 is 2.09 bits per heavy atom. The van der Waals surface area contributed by atoms with Crippen molar-refractivity contribution in [2.75, 3.05) is 12.0 Å². The molecule has 0 spiro atoms. The normalized spacial score (nSPS) is 20.8. The molecule has 116 valence electrons. The molecule has 1 amide bonds. The molecule has 1 aromatic heterocycles. The van der Waals surface area contributed by atoms with Gasteiger partial charge in [0.1, 0.15) is 16.5 Å². The molecule has 23 heavy (non-hydrogen) atoms. The third-order valence-electron chi connectivity index (χ3n) is 3.58. The summed E-state index contributed by atoms with van der Waals surface area (Å²) in [5.74, 6) is -0.207. The molecule has 2 atom stereocenters. The molecule has 1 aliphatic rings. The lowest BCUT2D eigenvalue weighted by Gasteiger charge is -2.38. The second kappa shape index (κ2) is 6.10. The van der Waals surface area contributed by atoms with Crippen LogP contribution in [0.4, 0.5) is 5.69 Å². The third-order valence-corrected chi connectivity index (χ3v) is 4.01. The topological polar surface area (TPSA) is 78.5 Å². The number of methoxy groups -OCH3 is 1. The van der Waals surface area contributed by atoms with Gasteiger partial charge in [0.05, 0.1) is 19.4 Å². The van der Waals surface area contributed by atoms with Crippen LogP contribution >= 0.6 is 12.2 Å². The van der Waals surface area contributed by atoms with Crippen molar-refractivity contribution in [1.82, 2.24) is 5.32 Å². The first-order valence-corrected chi connectivity index (χ1v) is 7.27. The number of hydrogen-bond acceptors (Lipinski definition) is 5. The summed E-state index contributed by atoms with van der Waals surface area (Å²) in [5, 5.41) is 12.0. The molecule has 0 bridgehead atoms. The monoisotopic (exact) mass is 327 g/mol. The van der Waals surface area contributed by atoms with Crippen LogP contribution in [0, 0.1) is 17.2 Å². The van der Waals surface area contributed by atoms with Crippen LogP contribution in [-0.4, -0.2) is 18.0 Å². The van der Waals surface area contributed by atoms with E-state index in [9.17, 15) is 10.1 Å². The minimum atomic E-state index is -1.02. The molecule has 2 aromatic rings. The summed E-state index contributed by atoms with van der Waals surface area (Å²) in [6.45, 7) is 0. The molecule has 6 nitrogen and oxygen atoms in total. The van der Waals surface area contributed by atoms with Gasteiger partial charge >= 0.3 is 0 Å². The van der Waals surface area contributed by atoms with Crippen LogP contribution in [0.15, 0.2) is 47.1 Å². The molecule has 1 N–H and O–H groups in total. The molecule has 7 heteroatoms. The summed E-state index contributed by atoms with van der Waals surface area (Å²) in [6, 6.07) is 12.6. The number of nitrogens with one attached hydrogen (secondary N) is 1. The van der Waals surface area contributed by atoms with Crippen molar-refractivity contribution in [2.45, 2.75) is 6.17 Å². The Hall–Kier alpha value is -2.85. The van der Waals surface area contributed by atoms with Gasteiger partial charge in [-0.05, 0) is 36.4 Å². The first-order chi connectivity index (χ1) is 11.2. The SMILES string of the molecule is COc1ccc(N2C(=S)C(C#N)C(=O)NC2c2ccco2)cc1. The van der Waals surface area contributed by atoms with Crippen LogP contribution in [0.5, 0.6) is 5.75 Å². The second-order valence-corrected chi connectivity index (χ2v) is 5.31. The average Bonchev–Trinajstić information content (AvgIpc) is 3.09. The van der Waals surface area contributed by atoms with Crippen LogP contribution < -0.4 is 15.0 Å². The van der Waals surface area contributed by atoms with Crippen molar-refractivity contribution < 1.29 is 13.9 Å². The number of nitrogens with zero attached hydrogens (tertiary/aromatic N) is 2. The molecule has 1 aliphatic heterocycles. The highest BCUT2D eigenvalue weighted by Gasteiger charge is 2.40. The minimum absolute atomic E-state index is 0.239. The summed E-state index contributed by atoms with van der Waals surface area (Å²) in [7, 11) is 1.58. The van der Waals surface area contributed by atoms with E-state index >= 15 is 0 Å². The van der Waals surface area contributed by atoms with E-state index in [4.69, 9.17) is 21.4 Å². The Bertz CT molecular complexity index is 765. The molecule has 2 unspecified atom stereocenters. The summed E-state index contributed by atoms with van der Waals surface area (Å²) < 4.78 is 10.6. The quantitative estimate of drug-likeness (QED) is 0.872. The van der Waals surface area contributed by atoms with Gasteiger partial charge in [-0.2, -0.15) is 5.26 Å². The summed E-state index contributed by atoms with van der Waals surface area (Å²) in [6.07, 6.45) is 0.927. The van der Waals surface area contributed by atoms with Crippen LogP contribution in [-0.2, 0) is 4.79 Å². The number of furan rings is 1. The van der Waals surface area contributed by atoms with E-state index < -0.39 is 18.0 Å². The molecule has 0 saturated carbocycles. The molecular weight excluding hydrogens is 314 g/mol. The van der Waals surface area contributed by atoms with Crippen molar-refractivity contribution in [1.29, 1.82) is 5.26 Å². The van der Waals surface area contributed by atoms with Gasteiger partial charge < -0.3 is 19.4 Å². The first kappa shape index (κ1) is 15.1. The maximum atomic E-state index is 12.1. The predicted molar refractivity (Wildman–Crippen MR) is 86.8 cm³/mol. The smallest absolute Gasteiger partial charge is 0.246 e. The predicted octanol–water partition coefficient (Wildman–Crippen LogP) is 2.39. The highest BCUT2D eigenvalue weighted by Crippen LogP contribution is 2.32. The number of anilines is 1. The Morgan fingerprint density at radius 3 is 2.65 bits per heavy atom. The average molecular weight is 327 g/mol. The van der Waals surface area contributed by atoms with Crippen molar-refractivity contribution in [3.8, 4) is 11.8 Å². The Balaban J connectivity index is 2.04. The minimum Gasteiger partial charge on any atom is -0.497 e. The fourth-order valence-corrected chi connectivity index (χ4v) is 2.81. The van der Waals surface area contributed by atoms with Crippen molar-refractivity contribution in [2.24, 2.45) is 5.92 Å². The highest BCUT2D eigenvalue weighted by atomic mass is 32.1. The van der Waals surface area contributed by atoms with Crippen LogP contribution in [0.1, 0.15) is 11.9 Å². The van der Waals surface area contributed by atoms with Gasteiger partial charge in [-0.25, -0.2) is 0 Å². The second-order valence-electron chi connectivity index (χ2n) is 4.89. The number of carbonyl (C=O) groups is 1. The van der Waals surface area contributed by atoms with Crippen molar-refractivity contribution in [3.05, 3.63) is 48.4 Å². The van der Waals surface area contributed by atoms with Gasteiger partial charge in [0.25, 0.3) is 0 Å². The number of rotatable bonds is 3. The molecule has 3 rings (SSSR count). The van der Waals surface area contributed by atoms with Crippen molar-refractivity contribution >= 4 is 28.8 Å². The molecule has 1 aromatic carbocycles. The van der Waals surface area contributed by atoms with E-state index in [2.05, 4.69) is 5.32 Å². The zero-order valence-electron chi connectivity index (χ0n) is 12.2.